The summed E-state index contributed by atoms with van der Waals surface area (Å²) in [5.74, 6) is 0. The molecule has 0 aliphatic rings. The van der Waals surface area contributed by atoms with Crippen LogP contribution in [0.2, 0.25) is 0 Å². The summed E-state index contributed by atoms with van der Waals surface area (Å²) in [4.78, 5) is 0. The molecule has 0 atom stereocenters. The van der Waals surface area contributed by atoms with Crippen LogP contribution in [0.25, 0.3) is 0 Å². The van der Waals surface area contributed by atoms with Gasteiger partial charge in [0.1, 0.15) is 0 Å². The predicted molar refractivity (Wildman–Crippen MR) is 84.0 cm³/mol. The first kappa shape index (κ1) is 17.3. The van der Waals surface area contributed by atoms with Gasteiger partial charge in [-0.2, -0.15) is 0 Å². The number of nitrogens with two attached hydrogens (primary N) is 1. The van der Waals surface area contributed by atoms with E-state index in [2.05, 4.69) is 25.1 Å². The molecule has 0 spiro atoms. The van der Waals surface area contributed by atoms with Gasteiger partial charge < -0.3 is 19.0 Å². The van der Waals surface area contributed by atoms with Crippen molar-refractivity contribution in [3.05, 3.63) is 29.3 Å². The fraction of sp³-hybridized carbons (Fsp3) is 0.600. The van der Waals surface area contributed by atoms with Gasteiger partial charge in [0.05, 0.1) is 0 Å². The van der Waals surface area contributed by atoms with Crippen LogP contribution in [0.3, 0.4) is 0 Å². The minimum atomic E-state index is -2.82. The molecule has 114 valence electrons. The van der Waals surface area contributed by atoms with Crippen molar-refractivity contribution in [2.75, 3.05) is 19.8 Å². The van der Waals surface area contributed by atoms with Gasteiger partial charge >= 0.3 is 8.80 Å². The molecule has 0 aliphatic heterocycles. The van der Waals surface area contributed by atoms with E-state index in [4.69, 9.17) is 19.0 Å². The Balaban J connectivity index is 3.29. The Morgan fingerprint density at radius 1 is 0.850 bits per heavy atom. The molecular weight excluding hydrogens is 270 g/mol. The van der Waals surface area contributed by atoms with Gasteiger partial charge in [-0.25, -0.2) is 0 Å². The van der Waals surface area contributed by atoms with E-state index in [1.165, 1.54) is 5.56 Å². The highest BCUT2D eigenvalue weighted by molar-refractivity contribution is 6.75. The van der Waals surface area contributed by atoms with Crippen LogP contribution < -0.4 is 10.9 Å². The lowest BCUT2D eigenvalue weighted by molar-refractivity contribution is 0.0859. The molecule has 0 aromatic heterocycles. The third kappa shape index (κ3) is 4.13. The standard InChI is InChI=1S/C15H27NO3Si/c1-5-13-9-14(12-16)11-15(10-13)20(17-6-2,18-7-3)19-8-4/h9-11H,5-8,12,16H2,1-4H3. The number of hydrogen-bond donors (Lipinski definition) is 1. The second kappa shape index (κ2) is 8.54. The molecule has 0 saturated heterocycles. The first-order valence-electron chi connectivity index (χ1n) is 7.40. The number of aryl methyl sites for hydroxylation is 1. The summed E-state index contributed by atoms with van der Waals surface area (Å²) in [6, 6.07) is 6.32. The summed E-state index contributed by atoms with van der Waals surface area (Å²) in [7, 11) is -2.82. The molecule has 0 unspecified atom stereocenters. The minimum Gasteiger partial charge on any atom is -0.370 e. The average molecular weight is 297 g/mol. The summed E-state index contributed by atoms with van der Waals surface area (Å²) in [6.45, 7) is 10.2. The zero-order chi connectivity index (χ0) is 15.0. The van der Waals surface area contributed by atoms with Crippen molar-refractivity contribution in [3.63, 3.8) is 0 Å². The van der Waals surface area contributed by atoms with Crippen LogP contribution in [-0.4, -0.2) is 28.6 Å². The first-order valence-corrected chi connectivity index (χ1v) is 9.13. The van der Waals surface area contributed by atoms with Gasteiger partial charge in [0.15, 0.2) is 0 Å². The smallest absolute Gasteiger partial charge is 0.370 e. The Hall–Kier alpha value is -0.723. The van der Waals surface area contributed by atoms with Gasteiger partial charge in [0, 0.05) is 31.6 Å². The highest BCUT2D eigenvalue weighted by Crippen LogP contribution is 2.14. The summed E-state index contributed by atoms with van der Waals surface area (Å²) in [5, 5.41) is 1.02. The number of rotatable bonds is 9. The monoisotopic (exact) mass is 297 g/mol. The maximum absolute atomic E-state index is 5.95. The van der Waals surface area contributed by atoms with Crippen molar-refractivity contribution < 1.29 is 13.3 Å². The molecule has 5 heteroatoms. The van der Waals surface area contributed by atoms with Crippen LogP contribution in [-0.2, 0) is 26.2 Å². The molecule has 1 rings (SSSR count). The normalized spacial score (nSPS) is 11.8. The molecule has 0 aliphatic carbocycles. The van der Waals surface area contributed by atoms with Crippen molar-refractivity contribution >= 4 is 14.0 Å². The molecule has 0 radical (unpaired) electrons. The highest BCUT2D eigenvalue weighted by atomic mass is 28.4. The fourth-order valence-electron chi connectivity index (χ4n) is 2.21. The molecular formula is C15H27NO3Si. The Morgan fingerprint density at radius 3 is 1.75 bits per heavy atom. The van der Waals surface area contributed by atoms with Gasteiger partial charge in [-0.05, 0) is 38.3 Å². The molecule has 0 heterocycles. The molecule has 1 aromatic rings. The van der Waals surface area contributed by atoms with E-state index in [-0.39, 0.29) is 0 Å². The van der Waals surface area contributed by atoms with Crippen LogP contribution in [0.4, 0.5) is 0 Å². The summed E-state index contributed by atoms with van der Waals surface area (Å²) in [5.41, 5.74) is 8.13. The van der Waals surface area contributed by atoms with Crippen molar-refractivity contribution in [3.8, 4) is 0 Å². The van der Waals surface area contributed by atoms with Crippen LogP contribution in [0.5, 0.6) is 0 Å². The lowest BCUT2D eigenvalue weighted by atomic mass is 10.1. The average Bonchev–Trinajstić information content (AvgIpc) is 2.47. The van der Waals surface area contributed by atoms with Crippen LogP contribution >= 0.6 is 0 Å². The highest BCUT2D eigenvalue weighted by Gasteiger charge is 2.43. The Labute approximate surface area is 123 Å². The minimum absolute atomic E-state index is 0.510. The molecule has 1 aromatic carbocycles. The van der Waals surface area contributed by atoms with E-state index < -0.39 is 8.80 Å². The zero-order valence-electron chi connectivity index (χ0n) is 13.1. The molecule has 4 nitrogen and oxygen atoms in total. The van der Waals surface area contributed by atoms with Gasteiger partial charge in [0.2, 0.25) is 0 Å². The van der Waals surface area contributed by atoms with E-state index in [1.807, 2.05) is 20.8 Å². The lowest BCUT2D eigenvalue weighted by Crippen LogP contribution is -2.57. The Bertz CT molecular complexity index is 373. The zero-order valence-corrected chi connectivity index (χ0v) is 14.1. The van der Waals surface area contributed by atoms with E-state index in [0.29, 0.717) is 26.4 Å². The Kier molecular flexibility index (Phi) is 7.40. The largest absolute Gasteiger partial charge is 0.537 e. The van der Waals surface area contributed by atoms with Gasteiger partial charge in [-0.3, -0.25) is 0 Å². The third-order valence-electron chi connectivity index (χ3n) is 3.05. The van der Waals surface area contributed by atoms with Gasteiger partial charge in [-0.15, -0.1) is 0 Å². The molecule has 0 amide bonds. The first-order chi connectivity index (χ1) is 9.65. The topological polar surface area (TPSA) is 53.7 Å². The SMILES string of the molecule is CCO[Si](OCC)(OCC)c1cc(CC)cc(CN)c1. The molecule has 0 saturated carbocycles. The van der Waals surface area contributed by atoms with Gasteiger partial charge in [-0.1, -0.05) is 25.1 Å². The van der Waals surface area contributed by atoms with Crippen molar-refractivity contribution in [2.24, 2.45) is 5.73 Å². The maximum Gasteiger partial charge on any atom is 0.537 e. The number of hydrogen-bond acceptors (Lipinski definition) is 4. The van der Waals surface area contributed by atoms with E-state index >= 15 is 0 Å². The fourth-order valence-corrected chi connectivity index (χ4v) is 4.82. The molecule has 0 bridgehead atoms. The number of benzene rings is 1. The quantitative estimate of drug-likeness (QED) is 0.708. The molecule has 2 N–H and O–H groups in total. The van der Waals surface area contributed by atoms with Gasteiger partial charge in [0.25, 0.3) is 0 Å². The van der Waals surface area contributed by atoms with Crippen molar-refractivity contribution in [1.29, 1.82) is 0 Å². The van der Waals surface area contributed by atoms with E-state index in [1.54, 1.807) is 0 Å². The molecule has 20 heavy (non-hydrogen) atoms. The Morgan fingerprint density at radius 2 is 1.35 bits per heavy atom. The van der Waals surface area contributed by atoms with E-state index in [0.717, 1.165) is 17.2 Å². The van der Waals surface area contributed by atoms with E-state index in [9.17, 15) is 0 Å². The summed E-state index contributed by atoms with van der Waals surface area (Å²) < 4.78 is 17.8. The van der Waals surface area contributed by atoms with Crippen molar-refractivity contribution in [1.82, 2.24) is 0 Å². The second-order valence-electron chi connectivity index (χ2n) is 4.45. The summed E-state index contributed by atoms with van der Waals surface area (Å²) >= 11 is 0. The maximum atomic E-state index is 5.95. The molecule has 0 fully saturated rings. The summed E-state index contributed by atoms with van der Waals surface area (Å²) in [6.07, 6.45) is 0.954. The third-order valence-corrected chi connectivity index (χ3v) is 6.06. The second-order valence-corrected chi connectivity index (χ2v) is 7.01. The predicted octanol–water partition coefficient (Wildman–Crippen LogP) is 1.96. The van der Waals surface area contributed by atoms with Crippen LogP contribution in [0.15, 0.2) is 18.2 Å². The lowest BCUT2D eigenvalue weighted by Gasteiger charge is -2.29. The van der Waals surface area contributed by atoms with Crippen LogP contribution in [0, 0.1) is 0 Å². The van der Waals surface area contributed by atoms with Crippen LogP contribution in [0.1, 0.15) is 38.8 Å². The van der Waals surface area contributed by atoms with Crippen molar-refractivity contribution in [2.45, 2.75) is 40.7 Å².